The fraction of sp³-hybridized carbons (Fsp3) is 0.100. The molecule has 0 fully saturated rings. The maximum absolute atomic E-state index is 13.2. The van der Waals surface area contributed by atoms with Crippen molar-refractivity contribution >= 4 is 11.6 Å². The van der Waals surface area contributed by atoms with Gasteiger partial charge in [-0.1, -0.05) is 30.3 Å². The van der Waals surface area contributed by atoms with E-state index in [9.17, 15) is 18.0 Å². The molecule has 0 aliphatic carbocycles. The van der Waals surface area contributed by atoms with Gasteiger partial charge < -0.3 is 10.2 Å². The smallest absolute Gasteiger partial charge is 0.438 e. The number of benzene rings is 1. The van der Waals surface area contributed by atoms with Gasteiger partial charge in [0.1, 0.15) is 17.9 Å². The normalized spacial score (nSPS) is 11.8. The summed E-state index contributed by atoms with van der Waals surface area (Å²) < 4.78 is 46.1. The number of halogens is 3. The molecule has 0 saturated heterocycles. The van der Waals surface area contributed by atoms with Crippen molar-refractivity contribution in [2.24, 2.45) is 0 Å². The van der Waals surface area contributed by atoms with Gasteiger partial charge in [0.15, 0.2) is 6.39 Å². The summed E-state index contributed by atoms with van der Waals surface area (Å²) in [4.78, 5) is 21.1. The number of nitrogen functional groups attached to an aromatic ring is 1. The lowest BCUT2D eigenvalue weighted by atomic mass is 10.0. The predicted molar refractivity (Wildman–Crippen MR) is 107 cm³/mol. The van der Waals surface area contributed by atoms with Crippen LogP contribution in [0.15, 0.2) is 64.4 Å². The molecule has 4 heterocycles. The van der Waals surface area contributed by atoms with Crippen LogP contribution in [0.1, 0.15) is 11.5 Å². The number of alkyl halides is 3. The van der Waals surface area contributed by atoms with Gasteiger partial charge in [-0.15, -0.1) is 9.38 Å². The van der Waals surface area contributed by atoms with Gasteiger partial charge in [0, 0.05) is 11.1 Å². The van der Waals surface area contributed by atoms with Gasteiger partial charge in [-0.2, -0.15) is 28.1 Å². The van der Waals surface area contributed by atoms with E-state index in [1.807, 2.05) is 30.3 Å². The van der Waals surface area contributed by atoms with Crippen molar-refractivity contribution < 1.29 is 22.0 Å². The highest BCUT2D eigenvalue weighted by Gasteiger charge is 2.39. The molecule has 0 radical (unpaired) electrons. The van der Waals surface area contributed by atoms with E-state index in [1.165, 1.54) is 12.4 Å². The average molecular weight is 455 g/mol. The summed E-state index contributed by atoms with van der Waals surface area (Å²) in [6, 6.07) is 10.8. The third kappa shape index (κ3) is 3.48. The number of hydrogen-bond acceptors (Lipinski definition) is 7. The van der Waals surface area contributed by atoms with Crippen molar-refractivity contribution in [1.29, 1.82) is 0 Å². The number of nitrogens with zero attached hydrogens (tertiary/aromatic N) is 6. The third-order valence-corrected chi connectivity index (χ3v) is 4.94. The molecule has 0 bridgehead atoms. The largest absolute Gasteiger partial charge is 0.451 e. The Hall–Kier alpha value is -4.55. The zero-order chi connectivity index (χ0) is 23.2. The molecule has 0 saturated carbocycles. The van der Waals surface area contributed by atoms with Gasteiger partial charge in [0.05, 0.1) is 18.0 Å². The second-order valence-electron chi connectivity index (χ2n) is 6.98. The topological polar surface area (TPSA) is 133 Å². The SMILES string of the molecule is Nc1nc(-c2ccccc2)c(-c2ccnnc2)c2[nH]n(Cc3ncoc3C(F)(F)F)c(=O)[n+]12. The van der Waals surface area contributed by atoms with Crippen molar-refractivity contribution in [3.63, 3.8) is 0 Å². The number of nitrogens with two attached hydrogens (primary N) is 1. The lowest BCUT2D eigenvalue weighted by molar-refractivity contribution is -0.516. The summed E-state index contributed by atoms with van der Waals surface area (Å²) in [5.74, 6) is -1.43. The van der Waals surface area contributed by atoms with Crippen LogP contribution in [0.5, 0.6) is 0 Å². The molecule has 0 aliphatic heterocycles. The van der Waals surface area contributed by atoms with Crippen LogP contribution < -0.4 is 15.8 Å². The van der Waals surface area contributed by atoms with Crippen molar-refractivity contribution in [2.75, 3.05) is 5.73 Å². The molecule has 0 amide bonds. The zero-order valence-corrected chi connectivity index (χ0v) is 16.6. The number of anilines is 1. The number of hydrogen-bond donors (Lipinski definition) is 2. The van der Waals surface area contributed by atoms with E-state index in [1.54, 1.807) is 6.07 Å². The molecule has 5 rings (SSSR count). The highest BCUT2D eigenvalue weighted by Crippen LogP contribution is 2.33. The third-order valence-electron chi connectivity index (χ3n) is 4.94. The number of H-pyrrole nitrogens is 1. The Balaban J connectivity index is 1.77. The Bertz CT molecular complexity index is 1510. The second-order valence-corrected chi connectivity index (χ2v) is 6.98. The van der Waals surface area contributed by atoms with E-state index in [-0.39, 0.29) is 11.6 Å². The van der Waals surface area contributed by atoms with Crippen molar-refractivity contribution in [1.82, 2.24) is 29.9 Å². The number of rotatable bonds is 4. The lowest BCUT2D eigenvalue weighted by Crippen LogP contribution is -2.44. The Labute approximate surface area is 182 Å². The Morgan fingerprint density at radius 1 is 1.12 bits per heavy atom. The molecule has 13 heteroatoms. The molecular formula is C20H14F3N8O2+. The molecule has 0 aliphatic rings. The second kappa shape index (κ2) is 7.55. The Morgan fingerprint density at radius 2 is 1.91 bits per heavy atom. The van der Waals surface area contributed by atoms with E-state index >= 15 is 0 Å². The summed E-state index contributed by atoms with van der Waals surface area (Å²) in [5, 5.41) is 10.5. The molecule has 4 aromatic heterocycles. The molecule has 0 atom stereocenters. The van der Waals surface area contributed by atoms with Crippen LogP contribution in [0.2, 0.25) is 0 Å². The van der Waals surface area contributed by atoms with Gasteiger partial charge in [0.2, 0.25) is 11.4 Å². The number of nitrogens with one attached hydrogen (secondary N) is 1. The van der Waals surface area contributed by atoms with E-state index in [2.05, 4.69) is 29.7 Å². The molecule has 33 heavy (non-hydrogen) atoms. The summed E-state index contributed by atoms with van der Waals surface area (Å²) in [6.07, 6.45) is -1.13. The van der Waals surface area contributed by atoms with Crippen molar-refractivity contribution in [3.8, 4) is 22.4 Å². The molecule has 0 unspecified atom stereocenters. The quantitative estimate of drug-likeness (QED) is 0.397. The summed E-state index contributed by atoms with van der Waals surface area (Å²) in [5.41, 5.74) is 7.34. The summed E-state index contributed by atoms with van der Waals surface area (Å²) in [6.45, 7) is -0.528. The molecule has 0 spiro atoms. The molecular weight excluding hydrogens is 441 g/mol. The average Bonchev–Trinajstić information content (AvgIpc) is 3.40. The van der Waals surface area contributed by atoms with Crippen LogP contribution in [-0.4, -0.2) is 29.9 Å². The number of fused-ring (bicyclic) bond motifs is 1. The zero-order valence-electron chi connectivity index (χ0n) is 16.6. The lowest BCUT2D eigenvalue weighted by Gasteiger charge is -2.07. The van der Waals surface area contributed by atoms with Crippen LogP contribution >= 0.6 is 0 Å². The van der Waals surface area contributed by atoms with Gasteiger partial charge in [0.25, 0.3) is 0 Å². The minimum Gasteiger partial charge on any atom is -0.438 e. The molecule has 5 aromatic rings. The standard InChI is InChI=1S/C20H13F3N8O2/c21-20(22,23)16-13(25-10-33-16)9-30-19(32)31-17(29-30)14(12-6-7-26-27-8-12)15(28-18(31)24)11-4-2-1-3-5-11/h1-8,10H,9H2,(H2,24,26,28,29)/p+1. The number of aromatic amines is 1. The Kier molecular flexibility index (Phi) is 4.65. The first-order chi connectivity index (χ1) is 15.8. The van der Waals surface area contributed by atoms with E-state index in [4.69, 9.17) is 5.73 Å². The van der Waals surface area contributed by atoms with Crippen LogP contribution in [0, 0.1) is 0 Å². The fourth-order valence-corrected chi connectivity index (χ4v) is 3.54. The highest BCUT2D eigenvalue weighted by atomic mass is 19.4. The first kappa shape index (κ1) is 20.4. The van der Waals surface area contributed by atoms with Gasteiger partial charge >= 0.3 is 17.8 Å². The van der Waals surface area contributed by atoms with Crippen LogP contribution in [0.4, 0.5) is 19.1 Å². The number of aromatic nitrogens is 7. The summed E-state index contributed by atoms with van der Waals surface area (Å²) >= 11 is 0. The van der Waals surface area contributed by atoms with E-state index < -0.39 is 29.9 Å². The Morgan fingerprint density at radius 3 is 2.61 bits per heavy atom. The van der Waals surface area contributed by atoms with Crippen molar-refractivity contribution in [2.45, 2.75) is 12.7 Å². The molecule has 1 aromatic carbocycles. The van der Waals surface area contributed by atoms with Crippen molar-refractivity contribution in [3.05, 3.63) is 77.1 Å². The first-order valence-electron chi connectivity index (χ1n) is 9.50. The molecule has 10 nitrogen and oxygen atoms in total. The van der Waals surface area contributed by atoms with Gasteiger partial charge in [-0.05, 0) is 6.07 Å². The molecule has 166 valence electrons. The number of oxazole rings is 1. The van der Waals surface area contributed by atoms with E-state index in [0.29, 0.717) is 28.8 Å². The summed E-state index contributed by atoms with van der Waals surface area (Å²) in [7, 11) is 0. The fourth-order valence-electron chi connectivity index (χ4n) is 3.54. The predicted octanol–water partition coefficient (Wildman–Crippen LogP) is 2.07. The highest BCUT2D eigenvalue weighted by molar-refractivity contribution is 5.88. The molecule has 3 N–H and O–H groups in total. The monoisotopic (exact) mass is 455 g/mol. The maximum Gasteiger partial charge on any atom is 0.451 e. The van der Waals surface area contributed by atoms with Gasteiger partial charge in [-0.3, -0.25) is 0 Å². The van der Waals surface area contributed by atoms with Crippen LogP contribution in [-0.2, 0) is 12.7 Å². The van der Waals surface area contributed by atoms with Crippen LogP contribution in [0.3, 0.4) is 0 Å². The van der Waals surface area contributed by atoms with Crippen LogP contribution in [0.25, 0.3) is 28.0 Å². The van der Waals surface area contributed by atoms with E-state index in [0.717, 1.165) is 9.08 Å². The first-order valence-corrected chi connectivity index (χ1v) is 9.50. The minimum atomic E-state index is -4.76. The maximum atomic E-state index is 13.2. The van der Waals surface area contributed by atoms with Gasteiger partial charge in [-0.25, -0.2) is 14.9 Å². The minimum absolute atomic E-state index is 0.147.